The number of rotatable bonds is 10. The van der Waals surface area contributed by atoms with Gasteiger partial charge in [-0.2, -0.15) is 5.10 Å². The summed E-state index contributed by atoms with van der Waals surface area (Å²) >= 11 is 0. The molecule has 0 atom stereocenters. The van der Waals surface area contributed by atoms with Gasteiger partial charge in [-0.15, -0.1) is 0 Å². The van der Waals surface area contributed by atoms with Gasteiger partial charge in [-0.1, -0.05) is 81.9 Å². The molecule has 0 aliphatic rings. The number of benzene rings is 2. The zero-order chi connectivity index (χ0) is 23.0. The molecule has 2 aromatic carbocycles. The first-order chi connectivity index (χ1) is 15.4. The van der Waals surface area contributed by atoms with Gasteiger partial charge >= 0.3 is 0 Å². The molecule has 3 aromatic rings. The van der Waals surface area contributed by atoms with Crippen LogP contribution in [0.1, 0.15) is 37.5 Å². The van der Waals surface area contributed by atoms with E-state index in [0.29, 0.717) is 24.4 Å². The number of nitrogens with one attached hydrogen (secondary N) is 2. The molecule has 1 aromatic heterocycles. The van der Waals surface area contributed by atoms with Crippen LogP contribution in [-0.2, 0) is 28.1 Å². The topological polar surface area (TPSA) is 73.2 Å². The minimum Gasteiger partial charge on any atom is -0.279 e. The summed E-state index contributed by atoms with van der Waals surface area (Å²) in [6, 6.07) is 18.5. The molecule has 32 heavy (non-hydrogen) atoms. The summed E-state index contributed by atoms with van der Waals surface area (Å²) in [4.78, 5) is 15.0. The van der Waals surface area contributed by atoms with Gasteiger partial charge in [0.2, 0.25) is 0 Å². The molecule has 0 aliphatic heterocycles. The van der Waals surface area contributed by atoms with E-state index in [0.717, 1.165) is 16.8 Å². The van der Waals surface area contributed by atoms with E-state index in [1.165, 1.54) is 19.0 Å². The average molecular weight is 434 g/mol. The van der Waals surface area contributed by atoms with Crippen LogP contribution in [0.4, 0.5) is 0 Å². The van der Waals surface area contributed by atoms with Gasteiger partial charge in [-0.25, -0.2) is 9.67 Å². The molecule has 0 fully saturated rings. The molecule has 0 radical (unpaired) electrons. The van der Waals surface area contributed by atoms with Crippen molar-refractivity contribution in [2.45, 2.75) is 39.2 Å². The van der Waals surface area contributed by atoms with Gasteiger partial charge in [-0.3, -0.25) is 20.6 Å². The Labute approximate surface area is 189 Å². The van der Waals surface area contributed by atoms with Crippen LogP contribution in [0.25, 0.3) is 5.70 Å². The van der Waals surface area contributed by atoms with E-state index in [9.17, 15) is 0 Å². The zero-order valence-electron chi connectivity index (χ0n) is 19.1. The third kappa shape index (κ3) is 6.29. The Balaban J connectivity index is 1.91. The molecule has 0 unspecified atom stereocenters. The first kappa shape index (κ1) is 23.2. The standard InChI is InChI=1S/C25H31N5O2/c1-19(28-31-5)24(29-32-16-21-9-7-6-8-10-21)23(30-18-26-17-27-30)15-20-11-13-22(14-12-20)25(2,3)4/h6-14,17-18,28-29H,1,15-16H2,2-5H3. The molecule has 7 nitrogen and oxygen atoms in total. The quantitative estimate of drug-likeness (QED) is 0.365. The summed E-state index contributed by atoms with van der Waals surface area (Å²) in [5.74, 6) is 0. The molecule has 168 valence electrons. The highest BCUT2D eigenvalue weighted by atomic mass is 16.6. The molecule has 0 amide bonds. The molecule has 0 spiro atoms. The SMILES string of the molecule is C=C(NOC)C(NOCc1ccccc1)=C(Cc1ccc(C(C)(C)C)cc1)n1cncn1. The summed E-state index contributed by atoms with van der Waals surface area (Å²) in [7, 11) is 1.54. The van der Waals surface area contributed by atoms with E-state index >= 15 is 0 Å². The smallest absolute Gasteiger partial charge is 0.138 e. The van der Waals surface area contributed by atoms with Crippen molar-refractivity contribution in [3.63, 3.8) is 0 Å². The fourth-order valence-corrected chi connectivity index (χ4v) is 3.18. The third-order valence-corrected chi connectivity index (χ3v) is 4.96. The van der Waals surface area contributed by atoms with Gasteiger partial charge in [-0.05, 0) is 22.1 Å². The van der Waals surface area contributed by atoms with Crippen LogP contribution in [0.3, 0.4) is 0 Å². The number of aromatic nitrogens is 3. The normalized spacial score (nSPS) is 12.2. The molecule has 1 heterocycles. The highest BCUT2D eigenvalue weighted by molar-refractivity contribution is 5.57. The molecular weight excluding hydrogens is 402 g/mol. The average Bonchev–Trinajstić information content (AvgIpc) is 3.31. The van der Waals surface area contributed by atoms with Crippen molar-refractivity contribution in [1.82, 2.24) is 25.7 Å². The van der Waals surface area contributed by atoms with Crippen LogP contribution < -0.4 is 11.0 Å². The fraction of sp³-hybridized carbons (Fsp3) is 0.280. The molecule has 3 rings (SSSR count). The maximum absolute atomic E-state index is 5.80. The van der Waals surface area contributed by atoms with E-state index in [2.05, 4.69) is 72.7 Å². The van der Waals surface area contributed by atoms with Gasteiger partial charge in [0.25, 0.3) is 0 Å². The predicted molar refractivity (Wildman–Crippen MR) is 126 cm³/mol. The molecule has 0 aliphatic carbocycles. The van der Waals surface area contributed by atoms with E-state index in [4.69, 9.17) is 9.68 Å². The van der Waals surface area contributed by atoms with Crippen molar-refractivity contribution in [3.8, 4) is 0 Å². The van der Waals surface area contributed by atoms with Gasteiger partial charge in [0.15, 0.2) is 0 Å². The first-order valence-electron chi connectivity index (χ1n) is 10.5. The summed E-state index contributed by atoms with van der Waals surface area (Å²) in [6.07, 6.45) is 3.73. The van der Waals surface area contributed by atoms with Crippen molar-refractivity contribution in [2.24, 2.45) is 0 Å². The van der Waals surface area contributed by atoms with E-state index in [1.54, 1.807) is 11.0 Å². The minimum atomic E-state index is 0.0950. The van der Waals surface area contributed by atoms with Crippen LogP contribution in [0.15, 0.2) is 85.2 Å². The largest absolute Gasteiger partial charge is 0.279 e. The van der Waals surface area contributed by atoms with E-state index in [-0.39, 0.29) is 5.41 Å². The summed E-state index contributed by atoms with van der Waals surface area (Å²) in [5.41, 5.74) is 11.3. The predicted octanol–water partition coefficient (Wildman–Crippen LogP) is 4.37. The summed E-state index contributed by atoms with van der Waals surface area (Å²) in [5, 5.41) is 4.34. The number of allylic oxidation sites excluding steroid dienone is 1. The first-order valence-corrected chi connectivity index (χ1v) is 10.5. The lowest BCUT2D eigenvalue weighted by atomic mass is 9.86. The lowest BCUT2D eigenvalue weighted by Gasteiger charge is -2.21. The molecule has 0 bridgehead atoms. The van der Waals surface area contributed by atoms with Gasteiger partial charge < -0.3 is 0 Å². The Bertz CT molecular complexity index is 1020. The van der Waals surface area contributed by atoms with E-state index < -0.39 is 0 Å². The summed E-state index contributed by atoms with van der Waals surface area (Å²) in [6.45, 7) is 11.1. The fourth-order valence-electron chi connectivity index (χ4n) is 3.18. The third-order valence-electron chi connectivity index (χ3n) is 4.96. The Hall–Kier alpha value is -3.42. The Morgan fingerprint density at radius 1 is 1.00 bits per heavy atom. The lowest BCUT2D eigenvalue weighted by Crippen LogP contribution is -2.26. The number of hydroxylamine groups is 2. The lowest BCUT2D eigenvalue weighted by molar-refractivity contribution is 0.0453. The van der Waals surface area contributed by atoms with Crippen LogP contribution in [0.2, 0.25) is 0 Å². The van der Waals surface area contributed by atoms with Gasteiger partial charge in [0.1, 0.15) is 18.4 Å². The Morgan fingerprint density at radius 3 is 2.31 bits per heavy atom. The Kier molecular flexibility index (Phi) is 7.81. The minimum absolute atomic E-state index is 0.0950. The van der Waals surface area contributed by atoms with Crippen LogP contribution in [0, 0.1) is 0 Å². The van der Waals surface area contributed by atoms with Gasteiger partial charge in [0.05, 0.1) is 25.1 Å². The highest BCUT2D eigenvalue weighted by Crippen LogP contribution is 2.24. The van der Waals surface area contributed by atoms with Crippen molar-refractivity contribution in [1.29, 1.82) is 0 Å². The second-order valence-electron chi connectivity index (χ2n) is 8.45. The number of hydrogen-bond acceptors (Lipinski definition) is 6. The molecule has 2 N–H and O–H groups in total. The second kappa shape index (κ2) is 10.7. The maximum Gasteiger partial charge on any atom is 0.138 e. The zero-order valence-corrected chi connectivity index (χ0v) is 19.1. The summed E-state index contributed by atoms with van der Waals surface area (Å²) < 4.78 is 1.70. The molecule has 0 saturated carbocycles. The molecular formula is C25H31N5O2. The maximum atomic E-state index is 5.80. The second-order valence-corrected chi connectivity index (χ2v) is 8.45. The monoisotopic (exact) mass is 433 g/mol. The van der Waals surface area contributed by atoms with Crippen molar-refractivity contribution in [2.75, 3.05) is 7.11 Å². The molecule has 0 saturated heterocycles. The van der Waals surface area contributed by atoms with Crippen molar-refractivity contribution < 1.29 is 9.68 Å². The van der Waals surface area contributed by atoms with Crippen molar-refractivity contribution >= 4 is 5.70 Å². The van der Waals surface area contributed by atoms with Gasteiger partial charge in [0, 0.05) is 6.42 Å². The van der Waals surface area contributed by atoms with E-state index in [1.807, 2.05) is 30.3 Å². The molecule has 7 heteroatoms. The number of nitrogens with zero attached hydrogens (tertiary/aromatic N) is 3. The Morgan fingerprint density at radius 2 is 1.72 bits per heavy atom. The van der Waals surface area contributed by atoms with Crippen molar-refractivity contribution in [3.05, 3.63) is 102 Å². The van der Waals surface area contributed by atoms with Crippen LogP contribution in [-0.4, -0.2) is 21.9 Å². The van der Waals surface area contributed by atoms with Crippen LogP contribution in [0.5, 0.6) is 0 Å². The van der Waals surface area contributed by atoms with Crippen LogP contribution >= 0.6 is 0 Å². The highest BCUT2D eigenvalue weighted by Gasteiger charge is 2.17. The number of hydrogen-bond donors (Lipinski definition) is 2.